The zero-order valence-electron chi connectivity index (χ0n) is 7.23. The number of Topliss-reactive ketones (excluding diaryl/α,β-unsaturated/α-hetero) is 1. The molecule has 1 aromatic rings. The molecule has 13 heavy (non-hydrogen) atoms. The van der Waals surface area contributed by atoms with Crippen LogP contribution in [0.2, 0.25) is 0 Å². The van der Waals surface area contributed by atoms with Crippen molar-refractivity contribution in [3.63, 3.8) is 0 Å². The molecule has 0 aliphatic carbocycles. The predicted molar refractivity (Wildman–Crippen MR) is 63.4 cm³/mol. The lowest BCUT2D eigenvalue weighted by Crippen LogP contribution is -1.99. The van der Waals surface area contributed by atoms with Gasteiger partial charge in [0.25, 0.3) is 0 Å². The lowest BCUT2D eigenvalue weighted by Gasteiger charge is -2.08. The zero-order chi connectivity index (χ0) is 10.0. The van der Waals surface area contributed by atoms with Crippen molar-refractivity contribution in [3.05, 3.63) is 25.7 Å². The van der Waals surface area contributed by atoms with E-state index >= 15 is 0 Å². The highest BCUT2D eigenvalue weighted by Gasteiger charge is 2.12. The van der Waals surface area contributed by atoms with Crippen LogP contribution < -0.4 is 4.74 Å². The maximum absolute atomic E-state index is 11.2. The second-order valence-corrected chi connectivity index (χ2v) is 4.43. The van der Waals surface area contributed by atoms with Crippen molar-refractivity contribution in [2.75, 3.05) is 7.11 Å². The van der Waals surface area contributed by atoms with Crippen molar-refractivity contribution < 1.29 is 9.53 Å². The Morgan fingerprint density at radius 1 is 1.54 bits per heavy atom. The highest BCUT2D eigenvalue weighted by Crippen LogP contribution is 2.32. The van der Waals surface area contributed by atoms with E-state index in [4.69, 9.17) is 4.74 Å². The van der Waals surface area contributed by atoms with Gasteiger partial charge < -0.3 is 4.74 Å². The summed E-state index contributed by atoms with van der Waals surface area (Å²) < 4.78 is 6.87. The molecule has 0 bridgehead atoms. The van der Waals surface area contributed by atoms with Crippen LogP contribution in [0.15, 0.2) is 16.6 Å². The Balaban J connectivity index is 3.35. The summed E-state index contributed by atoms with van der Waals surface area (Å²) in [6, 6.07) is 3.61. The van der Waals surface area contributed by atoms with E-state index in [1.807, 2.05) is 6.07 Å². The Kier molecular flexibility index (Phi) is 3.73. The molecular formula is C9H8BrIO2. The second kappa shape index (κ2) is 4.41. The van der Waals surface area contributed by atoms with Crippen molar-refractivity contribution >= 4 is 44.3 Å². The zero-order valence-corrected chi connectivity index (χ0v) is 11.0. The summed E-state index contributed by atoms with van der Waals surface area (Å²) >= 11 is 5.46. The van der Waals surface area contributed by atoms with Crippen molar-refractivity contribution in [1.29, 1.82) is 0 Å². The van der Waals surface area contributed by atoms with Crippen LogP contribution in [-0.2, 0) is 0 Å². The minimum atomic E-state index is 0.0511. The van der Waals surface area contributed by atoms with Crippen LogP contribution >= 0.6 is 38.5 Å². The summed E-state index contributed by atoms with van der Waals surface area (Å²) in [6.07, 6.45) is 0. The van der Waals surface area contributed by atoms with Crippen LogP contribution in [0.5, 0.6) is 5.75 Å². The Morgan fingerprint density at radius 2 is 2.15 bits per heavy atom. The standard InChI is InChI=1S/C9H8BrIO2/c1-5(12)6-3-4-7(10)9(13-2)8(6)11/h3-4H,1-2H3. The normalized spacial score (nSPS) is 9.85. The van der Waals surface area contributed by atoms with E-state index in [9.17, 15) is 4.79 Å². The number of ether oxygens (including phenoxy) is 1. The van der Waals surface area contributed by atoms with E-state index in [1.54, 1.807) is 20.1 Å². The number of benzene rings is 1. The highest BCUT2D eigenvalue weighted by atomic mass is 127. The van der Waals surface area contributed by atoms with E-state index in [0.29, 0.717) is 11.3 Å². The van der Waals surface area contributed by atoms with E-state index in [1.165, 1.54) is 0 Å². The van der Waals surface area contributed by atoms with Gasteiger partial charge in [0.05, 0.1) is 15.2 Å². The van der Waals surface area contributed by atoms with Gasteiger partial charge >= 0.3 is 0 Å². The highest BCUT2D eigenvalue weighted by molar-refractivity contribution is 14.1. The number of carbonyl (C=O) groups is 1. The fraction of sp³-hybridized carbons (Fsp3) is 0.222. The van der Waals surface area contributed by atoms with E-state index in [-0.39, 0.29) is 5.78 Å². The van der Waals surface area contributed by atoms with Crippen LogP contribution in [-0.4, -0.2) is 12.9 Å². The quantitative estimate of drug-likeness (QED) is 0.602. The largest absolute Gasteiger partial charge is 0.494 e. The molecule has 4 heteroatoms. The molecule has 1 aromatic carbocycles. The molecule has 0 N–H and O–H groups in total. The molecule has 1 rings (SSSR count). The number of rotatable bonds is 2. The minimum absolute atomic E-state index is 0.0511. The molecule has 0 spiro atoms. The minimum Gasteiger partial charge on any atom is -0.494 e. The number of hydrogen-bond donors (Lipinski definition) is 0. The first kappa shape index (κ1) is 11.0. The van der Waals surface area contributed by atoms with Gasteiger partial charge in [-0.05, 0) is 57.6 Å². The van der Waals surface area contributed by atoms with Crippen molar-refractivity contribution in [3.8, 4) is 5.75 Å². The van der Waals surface area contributed by atoms with Gasteiger partial charge in [0.1, 0.15) is 5.75 Å². The number of methoxy groups -OCH3 is 1. The van der Waals surface area contributed by atoms with Gasteiger partial charge in [-0.25, -0.2) is 0 Å². The van der Waals surface area contributed by atoms with E-state index < -0.39 is 0 Å². The van der Waals surface area contributed by atoms with Crippen molar-refractivity contribution in [2.45, 2.75) is 6.92 Å². The summed E-state index contributed by atoms with van der Waals surface area (Å²) in [5, 5.41) is 0. The Labute approximate surface area is 98.9 Å². The van der Waals surface area contributed by atoms with Gasteiger partial charge in [0.2, 0.25) is 0 Å². The number of carbonyl (C=O) groups excluding carboxylic acids is 1. The van der Waals surface area contributed by atoms with E-state index in [2.05, 4.69) is 38.5 Å². The molecule has 0 radical (unpaired) electrons. The number of ketones is 1. The van der Waals surface area contributed by atoms with Gasteiger partial charge in [-0.1, -0.05) is 0 Å². The summed E-state index contributed by atoms with van der Waals surface area (Å²) in [4.78, 5) is 11.2. The molecule has 0 fully saturated rings. The average Bonchev–Trinajstić information content (AvgIpc) is 2.04. The lowest BCUT2D eigenvalue weighted by molar-refractivity contribution is 0.101. The predicted octanol–water partition coefficient (Wildman–Crippen LogP) is 3.26. The van der Waals surface area contributed by atoms with E-state index in [0.717, 1.165) is 8.04 Å². The first-order chi connectivity index (χ1) is 6.07. The fourth-order valence-electron chi connectivity index (χ4n) is 0.992. The number of hydrogen-bond acceptors (Lipinski definition) is 2. The van der Waals surface area contributed by atoms with Gasteiger partial charge in [-0.3, -0.25) is 4.79 Å². The molecule has 2 nitrogen and oxygen atoms in total. The summed E-state index contributed by atoms with van der Waals surface area (Å²) in [6.45, 7) is 1.55. The Hall–Kier alpha value is -0.100. The average molecular weight is 355 g/mol. The first-order valence-electron chi connectivity index (χ1n) is 3.61. The molecular weight excluding hydrogens is 347 g/mol. The van der Waals surface area contributed by atoms with Crippen LogP contribution in [0, 0.1) is 3.57 Å². The third-order valence-electron chi connectivity index (χ3n) is 1.63. The molecule has 0 aliphatic heterocycles. The van der Waals surface area contributed by atoms with Gasteiger partial charge in [-0.2, -0.15) is 0 Å². The fourth-order valence-corrected chi connectivity index (χ4v) is 2.92. The summed E-state index contributed by atoms with van der Waals surface area (Å²) in [7, 11) is 1.59. The van der Waals surface area contributed by atoms with Crippen molar-refractivity contribution in [2.24, 2.45) is 0 Å². The first-order valence-corrected chi connectivity index (χ1v) is 5.48. The third-order valence-corrected chi connectivity index (χ3v) is 3.33. The summed E-state index contributed by atoms with van der Waals surface area (Å²) in [5.41, 5.74) is 0.695. The molecule has 0 saturated carbocycles. The molecule has 0 saturated heterocycles. The topological polar surface area (TPSA) is 26.3 Å². The molecule has 0 atom stereocenters. The Bertz CT molecular complexity index is 350. The van der Waals surface area contributed by atoms with Crippen LogP contribution in [0.4, 0.5) is 0 Å². The molecule has 0 heterocycles. The van der Waals surface area contributed by atoms with Crippen LogP contribution in [0.3, 0.4) is 0 Å². The summed E-state index contributed by atoms with van der Waals surface area (Å²) in [5.74, 6) is 0.767. The van der Waals surface area contributed by atoms with Gasteiger partial charge in [0.15, 0.2) is 5.78 Å². The van der Waals surface area contributed by atoms with Crippen molar-refractivity contribution in [1.82, 2.24) is 0 Å². The molecule has 0 aromatic heterocycles. The molecule has 0 unspecified atom stereocenters. The smallest absolute Gasteiger partial charge is 0.161 e. The van der Waals surface area contributed by atoms with Crippen LogP contribution in [0.25, 0.3) is 0 Å². The van der Waals surface area contributed by atoms with Crippen LogP contribution in [0.1, 0.15) is 17.3 Å². The molecule has 0 aliphatic rings. The number of halogens is 2. The maximum atomic E-state index is 11.2. The maximum Gasteiger partial charge on any atom is 0.161 e. The lowest BCUT2D eigenvalue weighted by atomic mass is 10.1. The molecule has 0 amide bonds. The Morgan fingerprint density at radius 3 is 2.62 bits per heavy atom. The SMILES string of the molecule is COc1c(Br)ccc(C(C)=O)c1I. The monoisotopic (exact) mass is 354 g/mol. The van der Waals surface area contributed by atoms with Gasteiger partial charge in [-0.15, -0.1) is 0 Å². The van der Waals surface area contributed by atoms with Gasteiger partial charge in [0, 0.05) is 5.56 Å². The second-order valence-electron chi connectivity index (χ2n) is 2.50. The third kappa shape index (κ3) is 2.22. The molecule has 70 valence electrons.